The minimum absolute atomic E-state index is 0.798. The SMILES string of the molecule is CCCCCOc1ccc(NN=C(C)C)cc1. The number of benzene rings is 1. The van der Waals surface area contributed by atoms with Gasteiger partial charge in [-0.1, -0.05) is 19.8 Å². The normalized spacial score (nSPS) is 9.82. The van der Waals surface area contributed by atoms with E-state index in [1.54, 1.807) is 0 Å². The molecular weight excluding hydrogens is 212 g/mol. The first-order valence-electron chi connectivity index (χ1n) is 6.22. The zero-order chi connectivity index (χ0) is 12.5. The van der Waals surface area contributed by atoms with Crippen molar-refractivity contribution in [2.24, 2.45) is 5.10 Å². The average Bonchev–Trinajstić information content (AvgIpc) is 2.33. The predicted molar refractivity (Wildman–Crippen MR) is 73.9 cm³/mol. The topological polar surface area (TPSA) is 33.6 Å². The van der Waals surface area contributed by atoms with Crippen molar-refractivity contribution >= 4 is 11.4 Å². The van der Waals surface area contributed by atoms with E-state index in [0.717, 1.165) is 30.2 Å². The lowest BCUT2D eigenvalue weighted by molar-refractivity contribution is 0.306. The van der Waals surface area contributed by atoms with Gasteiger partial charge in [0.2, 0.25) is 0 Å². The summed E-state index contributed by atoms with van der Waals surface area (Å²) in [6.45, 7) is 6.90. The molecule has 0 radical (unpaired) electrons. The third kappa shape index (κ3) is 5.95. The molecule has 0 amide bonds. The maximum absolute atomic E-state index is 5.63. The number of ether oxygens (including phenoxy) is 1. The maximum atomic E-state index is 5.63. The fourth-order valence-electron chi connectivity index (χ4n) is 1.34. The van der Waals surface area contributed by atoms with Crippen LogP contribution in [0.1, 0.15) is 40.0 Å². The molecule has 0 atom stereocenters. The Bertz CT molecular complexity index is 340. The minimum atomic E-state index is 0.798. The van der Waals surface area contributed by atoms with Gasteiger partial charge < -0.3 is 4.74 Å². The Morgan fingerprint density at radius 1 is 1.18 bits per heavy atom. The van der Waals surface area contributed by atoms with E-state index in [1.807, 2.05) is 38.1 Å². The molecule has 1 aromatic carbocycles. The summed E-state index contributed by atoms with van der Waals surface area (Å²) in [5, 5.41) is 4.14. The zero-order valence-electron chi connectivity index (χ0n) is 11.0. The van der Waals surface area contributed by atoms with Gasteiger partial charge in [0.1, 0.15) is 5.75 Å². The molecule has 0 aliphatic carbocycles. The highest BCUT2D eigenvalue weighted by atomic mass is 16.5. The minimum Gasteiger partial charge on any atom is -0.494 e. The second-order valence-electron chi connectivity index (χ2n) is 4.25. The summed E-state index contributed by atoms with van der Waals surface area (Å²) >= 11 is 0. The van der Waals surface area contributed by atoms with Gasteiger partial charge in [0.05, 0.1) is 12.3 Å². The Morgan fingerprint density at radius 3 is 2.47 bits per heavy atom. The number of hydrazone groups is 1. The van der Waals surface area contributed by atoms with E-state index in [0.29, 0.717) is 0 Å². The highest BCUT2D eigenvalue weighted by Gasteiger charge is 1.94. The Kier molecular flexibility index (Phi) is 6.15. The number of rotatable bonds is 7. The van der Waals surface area contributed by atoms with Gasteiger partial charge in [0.15, 0.2) is 0 Å². The van der Waals surface area contributed by atoms with Crippen LogP contribution < -0.4 is 10.2 Å². The van der Waals surface area contributed by atoms with Gasteiger partial charge >= 0.3 is 0 Å². The third-order valence-electron chi connectivity index (χ3n) is 2.28. The highest BCUT2D eigenvalue weighted by molar-refractivity contribution is 5.79. The molecule has 94 valence electrons. The molecule has 0 aromatic heterocycles. The molecule has 0 spiro atoms. The molecule has 0 bridgehead atoms. The molecule has 0 aliphatic rings. The summed E-state index contributed by atoms with van der Waals surface area (Å²) in [5.74, 6) is 0.920. The van der Waals surface area contributed by atoms with Crippen molar-refractivity contribution in [1.82, 2.24) is 0 Å². The lowest BCUT2D eigenvalue weighted by Crippen LogP contribution is -1.97. The number of nitrogens with one attached hydrogen (secondary N) is 1. The third-order valence-corrected chi connectivity index (χ3v) is 2.28. The molecule has 1 aromatic rings. The quantitative estimate of drug-likeness (QED) is 0.438. The Morgan fingerprint density at radius 2 is 1.88 bits per heavy atom. The molecule has 17 heavy (non-hydrogen) atoms. The molecule has 3 heteroatoms. The molecule has 0 heterocycles. The Labute approximate surface area is 104 Å². The van der Waals surface area contributed by atoms with Gasteiger partial charge in [0.25, 0.3) is 0 Å². The second kappa shape index (κ2) is 7.71. The van der Waals surface area contributed by atoms with E-state index in [9.17, 15) is 0 Å². The molecular formula is C14H22N2O. The van der Waals surface area contributed by atoms with E-state index in [1.165, 1.54) is 12.8 Å². The van der Waals surface area contributed by atoms with Crippen molar-refractivity contribution in [3.05, 3.63) is 24.3 Å². The first-order valence-corrected chi connectivity index (χ1v) is 6.22. The van der Waals surface area contributed by atoms with Gasteiger partial charge in [-0.05, 0) is 44.5 Å². The number of hydrogen-bond donors (Lipinski definition) is 1. The molecule has 0 fully saturated rings. The van der Waals surface area contributed by atoms with Crippen LogP contribution in [0.15, 0.2) is 29.4 Å². The van der Waals surface area contributed by atoms with E-state index in [2.05, 4.69) is 17.5 Å². The fraction of sp³-hybridized carbons (Fsp3) is 0.500. The van der Waals surface area contributed by atoms with Crippen LogP contribution >= 0.6 is 0 Å². The van der Waals surface area contributed by atoms with Crippen LogP contribution in [0.25, 0.3) is 0 Å². The van der Waals surface area contributed by atoms with Crippen molar-refractivity contribution in [3.63, 3.8) is 0 Å². The first kappa shape index (κ1) is 13.6. The van der Waals surface area contributed by atoms with Crippen LogP contribution in [-0.2, 0) is 0 Å². The van der Waals surface area contributed by atoms with E-state index < -0.39 is 0 Å². The van der Waals surface area contributed by atoms with Gasteiger partial charge in [-0.2, -0.15) is 5.10 Å². The van der Waals surface area contributed by atoms with E-state index >= 15 is 0 Å². The van der Waals surface area contributed by atoms with Crippen molar-refractivity contribution in [2.75, 3.05) is 12.0 Å². The van der Waals surface area contributed by atoms with Crippen LogP contribution in [-0.4, -0.2) is 12.3 Å². The van der Waals surface area contributed by atoms with E-state index in [4.69, 9.17) is 4.74 Å². The molecule has 0 unspecified atom stereocenters. The lowest BCUT2D eigenvalue weighted by atomic mass is 10.2. The molecule has 0 saturated carbocycles. The average molecular weight is 234 g/mol. The maximum Gasteiger partial charge on any atom is 0.119 e. The Hall–Kier alpha value is -1.51. The predicted octanol–water partition coefficient (Wildman–Crippen LogP) is 4.06. The standard InChI is InChI=1S/C14H22N2O/c1-4-5-6-11-17-14-9-7-13(8-10-14)16-15-12(2)3/h7-10,16H,4-6,11H2,1-3H3. The van der Waals surface area contributed by atoms with Crippen molar-refractivity contribution in [1.29, 1.82) is 0 Å². The molecule has 0 saturated heterocycles. The zero-order valence-corrected chi connectivity index (χ0v) is 11.0. The summed E-state index contributed by atoms with van der Waals surface area (Å²) < 4.78 is 5.63. The van der Waals surface area contributed by atoms with Crippen LogP contribution in [0.2, 0.25) is 0 Å². The van der Waals surface area contributed by atoms with Crippen LogP contribution in [0, 0.1) is 0 Å². The highest BCUT2D eigenvalue weighted by Crippen LogP contribution is 2.16. The lowest BCUT2D eigenvalue weighted by Gasteiger charge is -2.06. The van der Waals surface area contributed by atoms with Crippen LogP contribution in [0.3, 0.4) is 0 Å². The van der Waals surface area contributed by atoms with Crippen LogP contribution in [0.5, 0.6) is 5.75 Å². The van der Waals surface area contributed by atoms with Crippen molar-refractivity contribution < 1.29 is 4.74 Å². The van der Waals surface area contributed by atoms with Crippen molar-refractivity contribution in [3.8, 4) is 5.75 Å². The van der Waals surface area contributed by atoms with E-state index in [-0.39, 0.29) is 0 Å². The van der Waals surface area contributed by atoms with Crippen molar-refractivity contribution in [2.45, 2.75) is 40.0 Å². The molecule has 3 nitrogen and oxygen atoms in total. The Balaban J connectivity index is 2.37. The number of hydrogen-bond acceptors (Lipinski definition) is 3. The van der Waals surface area contributed by atoms with Gasteiger partial charge in [-0.15, -0.1) is 0 Å². The number of nitrogens with zero attached hydrogens (tertiary/aromatic N) is 1. The first-order chi connectivity index (χ1) is 8.22. The smallest absolute Gasteiger partial charge is 0.119 e. The monoisotopic (exact) mass is 234 g/mol. The molecule has 1 N–H and O–H groups in total. The summed E-state index contributed by atoms with van der Waals surface area (Å²) in [4.78, 5) is 0. The van der Waals surface area contributed by atoms with Crippen LogP contribution in [0.4, 0.5) is 5.69 Å². The van der Waals surface area contributed by atoms with Gasteiger partial charge in [-0.25, -0.2) is 0 Å². The molecule has 0 aliphatic heterocycles. The second-order valence-corrected chi connectivity index (χ2v) is 4.25. The summed E-state index contributed by atoms with van der Waals surface area (Å²) in [7, 11) is 0. The van der Waals surface area contributed by atoms with Gasteiger partial charge in [0, 0.05) is 5.71 Å². The van der Waals surface area contributed by atoms with Gasteiger partial charge in [-0.3, -0.25) is 5.43 Å². The summed E-state index contributed by atoms with van der Waals surface area (Å²) in [5.41, 5.74) is 4.96. The molecule has 1 rings (SSSR count). The number of anilines is 1. The number of unbranched alkanes of at least 4 members (excludes halogenated alkanes) is 2. The summed E-state index contributed by atoms with van der Waals surface area (Å²) in [6.07, 6.45) is 3.57. The fourth-order valence-corrected chi connectivity index (χ4v) is 1.34. The summed E-state index contributed by atoms with van der Waals surface area (Å²) in [6, 6.07) is 7.88. The largest absolute Gasteiger partial charge is 0.494 e.